The Morgan fingerprint density at radius 1 is 0.921 bits per heavy atom. The van der Waals surface area contributed by atoms with Gasteiger partial charge in [0.2, 0.25) is 0 Å². The van der Waals surface area contributed by atoms with Gasteiger partial charge in [0.1, 0.15) is 24.4 Å². The Bertz CT molecular complexity index is 644. The molecule has 1 saturated heterocycles. The molecule has 4 N–H and O–H groups in total. The van der Waals surface area contributed by atoms with Crippen molar-refractivity contribution in [1.82, 2.24) is 5.32 Å². The van der Waals surface area contributed by atoms with Gasteiger partial charge < -0.3 is 49.1 Å². The van der Waals surface area contributed by atoms with Gasteiger partial charge in [-0.2, -0.15) is 11.8 Å². The van der Waals surface area contributed by atoms with Gasteiger partial charge in [-0.1, -0.05) is 39.0 Å². The van der Waals surface area contributed by atoms with Gasteiger partial charge in [-0.25, -0.2) is 4.79 Å². The van der Waals surface area contributed by atoms with Crippen LogP contribution in [0.25, 0.3) is 0 Å². The van der Waals surface area contributed by atoms with Crippen molar-refractivity contribution in [3.63, 3.8) is 0 Å². The molecule has 224 valence electrons. The standard InChI is InChI=1S/C25H47NO11S/c1-5-6-7-8-9-10-11-35-12-13-36-14-17(27)15-38-16-18(24(30)31)26-23(29)21-19(28)20(32-2)22(33-3)25(34-4)37-21/h17-22,25,27-28H,5-16H2,1-4H3,(H,26,29)(H,30,31). The molecule has 13 heteroatoms. The number of rotatable bonds is 22. The van der Waals surface area contributed by atoms with Crippen LogP contribution in [0.1, 0.15) is 45.4 Å². The number of aliphatic carboxylic acids is 1. The van der Waals surface area contributed by atoms with E-state index in [0.29, 0.717) is 19.8 Å². The number of amides is 1. The van der Waals surface area contributed by atoms with Crippen molar-refractivity contribution in [2.24, 2.45) is 0 Å². The quantitative estimate of drug-likeness (QED) is 0.136. The summed E-state index contributed by atoms with van der Waals surface area (Å²) in [7, 11) is 4.09. The van der Waals surface area contributed by atoms with Gasteiger partial charge in [0, 0.05) is 39.4 Å². The lowest BCUT2D eigenvalue weighted by Crippen LogP contribution is -2.64. The van der Waals surface area contributed by atoms with E-state index in [1.807, 2.05) is 0 Å². The Kier molecular flexibility index (Phi) is 19.2. The summed E-state index contributed by atoms with van der Waals surface area (Å²) in [5, 5.41) is 32.6. The van der Waals surface area contributed by atoms with E-state index in [4.69, 9.17) is 28.4 Å². The van der Waals surface area contributed by atoms with Crippen molar-refractivity contribution >= 4 is 23.6 Å². The number of carbonyl (C=O) groups excluding carboxylic acids is 1. The molecule has 38 heavy (non-hydrogen) atoms. The number of hydrogen-bond acceptors (Lipinski definition) is 11. The van der Waals surface area contributed by atoms with Crippen LogP contribution >= 0.6 is 11.8 Å². The number of thioether (sulfide) groups is 1. The van der Waals surface area contributed by atoms with Crippen LogP contribution in [0.5, 0.6) is 0 Å². The van der Waals surface area contributed by atoms with Crippen molar-refractivity contribution in [2.45, 2.75) is 88.3 Å². The lowest BCUT2D eigenvalue weighted by atomic mass is 9.97. The molecule has 0 bridgehead atoms. The Morgan fingerprint density at radius 3 is 2.21 bits per heavy atom. The fourth-order valence-corrected chi connectivity index (χ4v) is 4.94. The number of carboxylic acids is 1. The molecule has 1 aliphatic rings. The number of nitrogens with one attached hydrogen (secondary N) is 1. The smallest absolute Gasteiger partial charge is 0.327 e. The predicted octanol–water partition coefficient (Wildman–Crippen LogP) is 0.806. The molecule has 0 spiro atoms. The van der Waals surface area contributed by atoms with E-state index in [2.05, 4.69) is 12.2 Å². The highest BCUT2D eigenvalue weighted by molar-refractivity contribution is 7.99. The fraction of sp³-hybridized carbons (Fsp3) is 0.920. The minimum absolute atomic E-state index is 0.00950. The maximum atomic E-state index is 12.8. The maximum Gasteiger partial charge on any atom is 0.327 e. The molecule has 7 atom stereocenters. The van der Waals surface area contributed by atoms with Crippen molar-refractivity contribution in [1.29, 1.82) is 0 Å². The molecule has 0 aromatic heterocycles. The van der Waals surface area contributed by atoms with Crippen molar-refractivity contribution in [3.05, 3.63) is 0 Å². The first kappa shape index (κ1) is 35.0. The van der Waals surface area contributed by atoms with Crippen LogP contribution in [-0.4, -0.2) is 129 Å². The lowest BCUT2D eigenvalue weighted by molar-refractivity contribution is -0.292. The van der Waals surface area contributed by atoms with Gasteiger partial charge in [0.05, 0.1) is 25.9 Å². The first-order valence-corrected chi connectivity index (χ1v) is 14.3. The third-order valence-electron chi connectivity index (χ3n) is 6.09. The molecule has 0 radical (unpaired) electrons. The van der Waals surface area contributed by atoms with Crippen LogP contribution in [0.2, 0.25) is 0 Å². The molecular weight excluding hydrogens is 522 g/mol. The molecule has 0 aromatic rings. The van der Waals surface area contributed by atoms with Crippen LogP contribution in [0, 0.1) is 0 Å². The monoisotopic (exact) mass is 569 g/mol. The molecule has 7 unspecified atom stereocenters. The van der Waals surface area contributed by atoms with E-state index in [1.165, 1.54) is 53.4 Å². The van der Waals surface area contributed by atoms with Gasteiger partial charge >= 0.3 is 5.97 Å². The summed E-state index contributed by atoms with van der Waals surface area (Å²) in [6, 6.07) is -1.27. The van der Waals surface area contributed by atoms with Crippen LogP contribution in [0.3, 0.4) is 0 Å². The Balaban J connectivity index is 2.32. The average Bonchev–Trinajstić information content (AvgIpc) is 2.90. The molecule has 1 fully saturated rings. The molecule has 12 nitrogen and oxygen atoms in total. The van der Waals surface area contributed by atoms with Crippen LogP contribution < -0.4 is 5.32 Å². The minimum atomic E-state index is -1.43. The second-order valence-electron chi connectivity index (χ2n) is 9.10. The summed E-state index contributed by atoms with van der Waals surface area (Å²) >= 11 is 1.15. The zero-order valence-electron chi connectivity index (χ0n) is 23.0. The van der Waals surface area contributed by atoms with Crippen LogP contribution in [-0.2, 0) is 38.0 Å². The summed E-state index contributed by atoms with van der Waals surface area (Å²) in [6.45, 7) is 3.81. The normalized spacial score (nSPS) is 25.2. The predicted molar refractivity (Wildman–Crippen MR) is 141 cm³/mol. The number of carboxylic acid groups (broad SMARTS) is 1. The van der Waals surface area contributed by atoms with E-state index in [-0.39, 0.29) is 18.1 Å². The van der Waals surface area contributed by atoms with Gasteiger partial charge in [-0.15, -0.1) is 0 Å². The number of carbonyl (C=O) groups is 2. The summed E-state index contributed by atoms with van der Waals surface area (Å²) in [5.41, 5.74) is 0. The molecular formula is C25H47NO11S. The van der Waals surface area contributed by atoms with Crippen LogP contribution in [0.15, 0.2) is 0 Å². The Morgan fingerprint density at radius 2 is 1.58 bits per heavy atom. The van der Waals surface area contributed by atoms with E-state index in [9.17, 15) is 24.9 Å². The topological polar surface area (TPSA) is 162 Å². The highest BCUT2D eigenvalue weighted by Gasteiger charge is 2.49. The van der Waals surface area contributed by atoms with Gasteiger partial charge in [0.15, 0.2) is 12.4 Å². The largest absolute Gasteiger partial charge is 0.480 e. The summed E-state index contributed by atoms with van der Waals surface area (Å²) in [5.74, 6) is -1.88. The third kappa shape index (κ3) is 12.9. The van der Waals surface area contributed by atoms with Crippen molar-refractivity contribution < 1.29 is 53.3 Å². The zero-order valence-corrected chi connectivity index (χ0v) is 23.9. The van der Waals surface area contributed by atoms with E-state index < -0.39 is 54.7 Å². The minimum Gasteiger partial charge on any atom is -0.480 e. The lowest BCUT2D eigenvalue weighted by Gasteiger charge is -2.42. The van der Waals surface area contributed by atoms with E-state index in [1.54, 1.807) is 0 Å². The van der Waals surface area contributed by atoms with Gasteiger partial charge in [-0.05, 0) is 6.42 Å². The number of aliphatic hydroxyl groups is 2. The third-order valence-corrected chi connectivity index (χ3v) is 7.28. The second-order valence-corrected chi connectivity index (χ2v) is 10.2. The SMILES string of the molecule is CCCCCCCCOCCOCC(O)CSCC(NC(=O)C1OC(OC)C(OC)C(OC)C1O)C(=O)O. The zero-order chi connectivity index (χ0) is 28.3. The highest BCUT2D eigenvalue weighted by atomic mass is 32.2. The number of unbranched alkanes of at least 4 members (excludes halogenated alkanes) is 5. The molecule has 1 amide bonds. The van der Waals surface area contributed by atoms with E-state index in [0.717, 1.165) is 18.2 Å². The molecule has 0 saturated carbocycles. The number of ether oxygens (including phenoxy) is 6. The molecule has 1 aliphatic heterocycles. The van der Waals surface area contributed by atoms with Crippen LogP contribution in [0.4, 0.5) is 0 Å². The van der Waals surface area contributed by atoms with Crippen molar-refractivity contribution in [3.8, 4) is 0 Å². The molecule has 1 heterocycles. The second kappa shape index (κ2) is 20.8. The first-order valence-electron chi connectivity index (χ1n) is 13.2. The van der Waals surface area contributed by atoms with Gasteiger partial charge in [-0.3, -0.25) is 4.79 Å². The van der Waals surface area contributed by atoms with Gasteiger partial charge in [0.25, 0.3) is 5.91 Å². The summed E-state index contributed by atoms with van der Waals surface area (Å²) in [4.78, 5) is 24.5. The molecule has 0 aliphatic carbocycles. The fourth-order valence-electron chi connectivity index (χ4n) is 3.97. The summed E-state index contributed by atoms with van der Waals surface area (Å²) in [6.07, 6.45) is 0.858. The number of hydrogen-bond donors (Lipinski definition) is 4. The molecule has 0 aromatic carbocycles. The average molecular weight is 570 g/mol. The van der Waals surface area contributed by atoms with E-state index >= 15 is 0 Å². The highest BCUT2D eigenvalue weighted by Crippen LogP contribution is 2.26. The summed E-state index contributed by atoms with van der Waals surface area (Å²) < 4.78 is 32.2. The molecule has 1 rings (SSSR count). The number of methoxy groups -OCH3 is 3. The number of aliphatic hydroxyl groups excluding tert-OH is 2. The Hall–Kier alpha value is -1.03. The van der Waals surface area contributed by atoms with Crippen molar-refractivity contribution in [2.75, 3.05) is 59.3 Å². The maximum absolute atomic E-state index is 12.8. The Labute approximate surface area is 230 Å². The first-order chi connectivity index (χ1) is 18.3.